The monoisotopic (exact) mass is 366 g/mol. The topological polar surface area (TPSA) is 66.5 Å². The summed E-state index contributed by atoms with van der Waals surface area (Å²) < 4.78 is 24.4. The largest absolute Gasteiger partial charge is 0.354 e. The van der Waals surface area contributed by atoms with Gasteiger partial charge in [0.05, 0.1) is 16.7 Å². The Balaban J connectivity index is 1.87. The van der Waals surface area contributed by atoms with E-state index in [-0.39, 0.29) is 29.0 Å². The molecule has 1 heterocycles. The van der Waals surface area contributed by atoms with E-state index in [0.717, 1.165) is 4.88 Å². The second kappa shape index (κ2) is 8.41. The first kappa shape index (κ1) is 18.6. The lowest BCUT2D eigenvalue weighted by atomic mass is 10.2. The first-order valence-electron chi connectivity index (χ1n) is 7.64. The van der Waals surface area contributed by atoms with Crippen LogP contribution in [0.5, 0.6) is 0 Å². The number of carbonyl (C=O) groups is 1. The number of thiophene rings is 1. The van der Waals surface area contributed by atoms with Crippen molar-refractivity contribution in [1.82, 2.24) is 10.2 Å². The Labute approximate surface area is 147 Å². The summed E-state index contributed by atoms with van der Waals surface area (Å²) in [5.41, 5.74) is 0. The van der Waals surface area contributed by atoms with Crippen molar-refractivity contribution in [3.63, 3.8) is 0 Å². The molecule has 1 unspecified atom stereocenters. The number of sulfone groups is 1. The lowest BCUT2D eigenvalue weighted by Crippen LogP contribution is -2.34. The van der Waals surface area contributed by atoms with Crippen molar-refractivity contribution in [2.24, 2.45) is 0 Å². The third kappa shape index (κ3) is 5.15. The van der Waals surface area contributed by atoms with Crippen LogP contribution in [0.2, 0.25) is 0 Å². The summed E-state index contributed by atoms with van der Waals surface area (Å²) in [5, 5.41) is 4.84. The highest BCUT2D eigenvalue weighted by Crippen LogP contribution is 2.22. The molecule has 0 saturated carbocycles. The molecule has 0 aliphatic heterocycles. The Morgan fingerprint density at radius 2 is 1.88 bits per heavy atom. The highest BCUT2D eigenvalue weighted by atomic mass is 32.2. The number of benzene rings is 1. The third-order valence-corrected chi connectivity index (χ3v) is 6.39. The van der Waals surface area contributed by atoms with Crippen LogP contribution < -0.4 is 5.32 Å². The van der Waals surface area contributed by atoms with E-state index >= 15 is 0 Å². The minimum absolute atomic E-state index is 0.0399. The van der Waals surface area contributed by atoms with Crippen molar-refractivity contribution < 1.29 is 13.2 Å². The van der Waals surface area contributed by atoms with Crippen molar-refractivity contribution in [2.45, 2.75) is 17.4 Å². The molecule has 0 bridgehead atoms. The van der Waals surface area contributed by atoms with E-state index in [4.69, 9.17) is 0 Å². The second-order valence-corrected chi connectivity index (χ2v) is 8.77. The fraction of sp³-hybridized carbons (Fsp3) is 0.353. The average Bonchev–Trinajstić information content (AvgIpc) is 3.08. The van der Waals surface area contributed by atoms with Gasteiger partial charge in [-0.25, -0.2) is 8.42 Å². The molecule has 0 aliphatic carbocycles. The Hall–Kier alpha value is -1.70. The van der Waals surface area contributed by atoms with E-state index in [1.807, 2.05) is 36.5 Å². The molecule has 130 valence electrons. The van der Waals surface area contributed by atoms with Gasteiger partial charge in [0.25, 0.3) is 0 Å². The van der Waals surface area contributed by atoms with E-state index in [1.54, 1.807) is 41.7 Å². The molecule has 0 saturated heterocycles. The molecule has 1 aromatic carbocycles. The quantitative estimate of drug-likeness (QED) is 0.779. The maximum atomic E-state index is 12.2. The highest BCUT2D eigenvalue weighted by molar-refractivity contribution is 7.91. The van der Waals surface area contributed by atoms with E-state index < -0.39 is 9.84 Å². The first-order valence-corrected chi connectivity index (χ1v) is 10.2. The molecule has 0 radical (unpaired) electrons. The Kier molecular flexibility index (Phi) is 6.53. The molecule has 0 spiro atoms. The van der Waals surface area contributed by atoms with Crippen LogP contribution in [0.3, 0.4) is 0 Å². The Bertz CT molecular complexity index is 741. The van der Waals surface area contributed by atoms with E-state index in [1.165, 1.54) is 0 Å². The number of nitrogens with zero attached hydrogens (tertiary/aromatic N) is 1. The molecule has 0 aliphatic rings. The number of likely N-dealkylation sites (N-methyl/N-ethyl adjacent to an activating group) is 1. The van der Waals surface area contributed by atoms with Gasteiger partial charge in [0.2, 0.25) is 5.91 Å². The minimum Gasteiger partial charge on any atom is -0.354 e. The zero-order valence-electron chi connectivity index (χ0n) is 13.8. The minimum atomic E-state index is -3.42. The molecule has 1 amide bonds. The zero-order chi connectivity index (χ0) is 17.6. The summed E-state index contributed by atoms with van der Waals surface area (Å²) in [7, 11) is 0.487. The van der Waals surface area contributed by atoms with Gasteiger partial charge in [-0.15, -0.1) is 11.3 Å². The maximum absolute atomic E-state index is 12.2. The Morgan fingerprint density at radius 1 is 1.17 bits per heavy atom. The molecule has 5 nitrogen and oxygen atoms in total. The van der Waals surface area contributed by atoms with Crippen molar-refractivity contribution >= 4 is 27.1 Å². The van der Waals surface area contributed by atoms with E-state index in [2.05, 4.69) is 5.32 Å². The van der Waals surface area contributed by atoms with Crippen LogP contribution >= 0.6 is 11.3 Å². The molecule has 24 heavy (non-hydrogen) atoms. The van der Waals surface area contributed by atoms with Crippen LogP contribution in [0.1, 0.15) is 17.3 Å². The number of hydrogen-bond donors (Lipinski definition) is 1. The van der Waals surface area contributed by atoms with Crippen LogP contribution in [-0.4, -0.2) is 45.6 Å². The molecule has 2 rings (SSSR count). The maximum Gasteiger partial charge on any atom is 0.221 e. The van der Waals surface area contributed by atoms with Gasteiger partial charge < -0.3 is 10.2 Å². The van der Waals surface area contributed by atoms with Gasteiger partial charge >= 0.3 is 0 Å². The van der Waals surface area contributed by atoms with Gasteiger partial charge in [-0.1, -0.05) is 24.3 Å². The molecular weight excluding hydrogens is 344 g/mol. The van der Waals surface area contributed by atoms with E-state index in [9.17, 15) is 13.2 Å². The normalized spacial score (nSPS) is 13.0. The number of rotatable bonds is 8. The molecule has 2 aromatic rings. The summed E-state index contributed by atoms with van der Waals surface area (Å²) in [6.45, 7) is 0.456. The van der Waals surface area contributed by atoms with Crippen LogP contribution in [-0.2, 0) is 14.6 Å². The Morgan fingerprint density at radius 3 is 2.46 bits per heavy atom. The lowest BCUT2D eigenvalue weighted by molar-refractivity contribution is -0.120. The lowest BCUT2D eigenvalue weighted by Gasteiger charge is -2.23. The van der Waals surface area contributed by atoms with E-state index in [0.29, 0.717) is 6.54 Å². The van der Waals surface area contributed by atoms with Gasteiger partial charge in [0.15, 0.2) is 9.84 Å². The van der Waals surface area contributed by atoms with Crippen LogP contribution in [0.15, 0.2) is 52.7 Å². The fourth-order valence-electron chi connectivity index (χ4n) is 2.29. The van der Waals surface area contributed by atoms with Gasteiger partial charge in [0, 0.05) is 17.8 Å². The molecule has 1 aromatic heterocycles. The fourth-order valence-corrected chi connectivity index (χ4v) is 4.47. The predicted molar refractivity (Wildman–Crippen MR) is 96.9 cm³/mol. The van der Waals surface area contributed by atoms with Gasteiger partial charge in [0.1, 0.15) is 0 Å². The summed E-state index contributed by atoms with van der Waals surface area (Å²) in [6.07, 6.45) is -0.0399. The highest BCUT2D eigenvalue weighted by Gasteiger charge is 2.18. The number of carbonyl (C=O) groups excluding carboxylic acids is 1. The first-order chi connectivity index (χ1) is 11.4. The van der Waals surface area contributed by atoms with Crippen LogP contribution in [0, 0.1) is 0 Å². The molecule has 7 heteroatoms. The van der Waals surface area contributed by atoms with Gasteiger partial charge in [-0.05, 0) is 37.7 Å². The number of hydrogen-bond acceptors (Lipinski definition) is 5. The molecular formula is C17H22N2O3S2. The molecule has 1 atom stereocenters. The molecule has 1 N–H and O–H groups in total. The SMILES string of the molecule is CN(C)C(CNC(=O)CCS(=O)(=O)c1ccccc1)c1cccs1. The molecule has 0 fully saturated rings. The third-order valence-electron chi connectivity index (χ3n) is 3.69. The number of amides is 1. The smallest absolute Gasteiger partial charge is 0.221 e. The average molecular weight is 367 g/mol. The van der Waals surface area contributed by atoms with Crippen molar-refractivity contribution in [3.8, 4) is 0 Å². The second-order valence-electron chi connectivity index (χ2n) is 5.68. The summed E-state index contributed by atoms with van der Waals surface area (Å²) in [4.78, 5) is 15.5. The van der Waals surface area contributed by atoms with Crippen LogP contribution in [0.4, 0.5) is 0 Å². The van der Waals surface area contributed by atoms with Gasteiger partial charge in [-0.3, -0.25) is 4.79 Å². The zero-order valence-corrected chi connectivity index (χ0v) is 15.4. The summed E-state index contributed by atoms with van der Waals surface area (Å²) in [6, 6.07) is 12.3. The number of nitrogens with one attached hydrogen (secondary N) is 1. The van der Waals surface area contributed by atoms with Crippen molar-refractivity contribution in [2.75, 3.05) is 26.4 Å². The van der Waals surface area contributed by atoms with Crippen LogP contribution in [0.25, 0.3) is 0 Å². The summed E-state index contributed by atoms with van der Waals surface area (Å²) in [5.74, 6) is -0.438. The standard InChI is InChI=1S/C17H22N2O3S2/c1-19(2)15(16-9-6-11-23-16)13-18-17(20)10-12-24(21,22)14-7-4-3-5-8-14/h3-9,11,15H,10,12-13H2,1-2H3,(H,18,20). The van der Waals surface area contributed by atoms with Gasteiger partial charge in [-0.2, -0.15) is 0 Å². The predicted octanol–water partition coefficient (Wildman–Crippen LogP) is 2.33. The van der Waals surface area contributed by atoms with Crippen molar-refractivity contribution in [3.05, 3.63) is 52.7 Å². The summed E-state index contributed by atoms with van der Waals surface area (Å²) >= 11 is 1.64. The van der Waals surface area contributed by atoms with Crippen molar-refractivity contribution in [1.29, 1.82) is 0 Å².